The fraction of sp³-hybridized carbons (Fsp3) is 0.875. The summed E-state index contributed by atoms with van der Waals surface area (Å²) in [6, 6.07) is 0.393. The van der Waals surface area contributed by atoms with Crippen LogP contribution in [0.25, 0.3) is 0 Å². The first kappa shape index (κ1) is 9.48. The lowest BCUT2D eigenvalue weighted by atomic mass is 10.1. The van der Waals surface area contributed by atoms with Crippen molar-refractivity contribution in [3.63, 3.8) is 0 Å². The van der Waals surface area contributed by atoms with Crippen LogP contribution in [-0.2, 0) is 4.79 Å². The first-order valence-electron chi connectivity index (χ1n) is 4.38. The third kappa shape index (κ3) is 3.19. The average molecular weight is 171 g/mol. The van der Waals surface area contributed by atoms with Crippen molar-refractivity contribution in [2.45, 2.75) is 25.3 Å². The molecule has 1 atom stereocenters. The smallest absolute Gasteiger partial charge is 0.235 e. The number of carbonyl (C=O) groups excluding carboxylic acids is 1. The van der Waals surface area contributed by atoms with Crippen LogP contribution < -0.4 is 10.7 Å². The van der Waals surface area contributed by atoms with Crippen molar-refractivity contribution in [1.82, 2.24) is 15.8 Å². The molecule has 0 saturated carbocycles. The van der Waals surface area contributed by atoms with E-state index in [4.69, 9.17) is 0 Å². The fourth-order valence-electron chi connectivity index (χ4n) is 1.45. The summed E-state index contributed by atoms with van der Waals surface area (Å²) in [5, 5.41) is 4.96. The van der Waals surface area contributed by atoms with Crippen molar-refractivity contribution in [3.8, 4) is 0 Å². The molecule has 1 saturated heterocycles. The summed E-state index contributed by atoms with van der Waals surface area (Å²) in [6.07, 6.45) is 2.92. The molecule has 0 bridgehead atoms. The van der Waals surface area contributed by atoms with Gasteiger partial charge in [0.15, 0.2) is 0 Å². The maximum absolute atomic E-state index is 11.2. The number of hydrazine groups is 1. The van der Waals surface area contributed by atoms with Crippen LogP contribution >= 0.6 is 0 Å². The van der Waals surface area contributed by atoms with Crippen molar-refractivity contribution < 1.29 is 4.79 Å². The second-order valence-corrected chi connectivity index (χ2v) is 3.43. The minimum Gasteiger partial charge on any atom is -0.313 e. The predicted molar refractivity (Wildman–Crippen MR) is 47.5 cm³/mol. The number of nitrogens with zero attached hydrogens (tertiary/aromatic N) is 1. The van der Waals surface area contributed by atoms with Crippen LogP contribution in [0.3, 0.4) is 0 Å². The van der Waals surface area contributed by atoms with Crippen LogP contribution in [-0.4, -0.2) is 37.6 Å². The van der Waals surface area contributed by atoms with Crippen molar-refractivity contribution in [2.24, 2.45) is 0 Å². The summed E-state index contributed by atoms with van der Waals surface area (Å²) in [7, 11) is 3.64. The van der Waals surface area contributed by atoms with Crippen molar-refractivity contribution in [1.29, 1.82) is 0 Å². The molecular formula is C8H17N3O. The van der Waals surface area contributed by atoms with Crippen LogP contribution in [0.1, 0.15) is 19.3 Å². The molecule has 1 aliphatic rings. The van der Waals surface area contributed by atoms with Gasteiger partial charge in [-0.3, -0.25) is 10.2 Å². The average Bonchev–Trinajstić information content (AvgIpc) is 2.37. The van der Waals surface area contributed by atoms with E-state index in [2.05, 4.69) is 10.7 Å². The van der Waals surface area contributed by atoms with E-state index in [9.17, 15) is 4.79 Å². The number of carbonyl (C=O) groups is 1. The van der Waals surface area contributed by atoms with Crippen LogP contribution in [0.15, 0.2) is 0 Å². The zero-order chi connectivity index (χ0) is 8.97. The summed E-state index contributed by atoms with van der Waals surface area (Å²) in [4.78, 5) is 11.2. The van der Waals surface area contributed by atoms with Crippen LogP contribution in [0, 0.1) is 0 Å². The van der Waals surface area contributed by atoms with Crippen LogP contribution in [0.2, 0.25) is 0 Å². The number of amides is 1. The van der Waals surface area contributed by atoms with E-state index in [0.29, 0.717) is 12.5 Å². The lowest BCUT2D eigenvalue weighted by Crippen LogP contribution is -2.39. The van der Waals surface area contributed by atoms with E-state index in [1.165, 1.54) is 6.42 Å². The van der Waals surface area contributed by atoms with Gasteiger partial charge in [0.2, 0.25) is 5.91 Å². The molecule has 0 aromatic carbocycles. The first-order chi connectivity index (χ1) is 5.68. The Bertz CT molecular complexity index is 152. The van der Waals surface area contributed by atoms with Gasteiger partial charge in [0, 0.05) is 26.6 Å². The van der Waals surface area contributed by atoms with Gasteiger partial charge in [-0.05, 0) is 19.4 Å². The molecule has 1 fully saturated rings. The molecule has 0 radical (unpaired) electrons. The minimum absolute atomic E-state index is 0.0967. The maximum Gasteiger partial charge on any atom is 0.235 e. The largest absolute Gasteiger partial charge is 0.313 e. The number of hydrogen-bond acceptors (Lipinski definition) is 3. The molecule has 0 aliphatic carbocycles. The van der Waals surface area contributed by atoms with Gasteiger partial charge in [0.05, 0.1) is 0 Å². The van der Waals surface area contributed by atoms with Gasteiger partial charge in [-0.2, -0.15) is 0 Å². The fourth-order valence-corrected chi connectivity index (χ4v) is 1.45. The van der Waals surface area contributed by atoms with Crippen molar-refractivity contribution in [3.05, 3.63) is 0 Å². The lowest BCUT2D eigenvalue weighted by molar-refractivity contribution is -0.125. The molecule has 4 nitrogen and oxygen atoms in total. The zero-order valence-corrected chi connectivity index (χ0v) is 7.76. The topological polar surface area (TPSA) is 44.4 Å². The second-order valence-electron chi connectivity index (χ2n) is 3.43. The summed E-state index contributed by atoms with van der Waals surface area (Å²) >= 11 is 0. The number of nitrogens with one attached hydrogen (secondary N) is 2. The zero-order valence-electron chi connectivity index (χ0n) is 7.76. The Balaban J connectivity index is 2.16. The molecule has 0 aromatic rings. The Morgan fingerprint density at radius 1 is 1.67 bits per heavy atom. The summed E-state index contributed by atoms with van der Waals surface area (Å²) in [5.41, 5.74) is 2.72. The third-order valence-corrected chi connectivity index (χ3v) is 1.94. The maximum atomic E-state index is 11.2. The molecule has 0 aromatic heterocycles. The summed E-state index contributed by atoms with van der Waals surface area (Å²) in [6.45, 7) is 1.06. The summed E-state index contributed by atoms with van der Waals surface area (Å²) < 4.78 is 0. The normalized spacial score (nSPS) is 23.1. The molecule has 1 unspecified atom stereocenters. The Labute approximate surface area is 73.3 Å². The van der Waals surface area contributed by atoms with Gasteiger partial charge >= 0.3 is 0 Å². The van der Waals surface area contributed by atoms with E-state index in [1.807, 2.05) is 14.1 Å². The lowest BCUT2D eigenvalue weighted by Gasteiger charge is -2.14. The highest BCUT2D eigenvalue weighted by molar-refractivity contribution is 5.76. The molecule has 70 valence electrons. The molecular weight excluding hydrogens is 154 g/mol. The quantitative estimate of drug-likeness (QED) is 0.574. The number of hydrogen-bond donors (Lipinski definition) is 2. The standard InChI is InChI=1S/C8H17N3O/c1-11(2)10-8(12)6-7-4-3-5-9-7/h7,9H,3-6H2,1-2H3,(H,10,12). The molecule has 4 heteroatoms. The highest BCUT2D eigenvalue weighted by Gasteiger charge is 2.17. The Hall–Kier alpha value is -0.610. The molecule has 1 heterocycles. The monoisotopic (exact) mass is 171 g/mol. The molecule has 1 rings (SSSR count). The molecule has 12 heavy (non-hydrogen) atoms. The van der Waals surface area contributed by atoms with Gasteiger partial charge in [-0.15, -0.1) is 0 Å². The summed E-state index contributed by atoms with van der Waals surface area (Å²) in [5.74, 6) is 0.0967. The van der Waals surface area contributed by atoms with Gasteiger partial charge < -0.3 is 5.32 Å². The van der Waals surface area contributed by atoms with E-state index in [1.54, 1.807) is 5.01 Å². The van der Waals surface area contributed by atoms with Gasteiger partial charge in [0.1, 0.15) is 0 Å². The first-order valence-corrected chi connectivity index (χ1v) is 4.38. The van der Waals surface area contributed by atoms with E-state index in [-0.39, 0.29) is 5.91 Å². The van der Waals surface area contributed by atoms with E-state index < -0.39 is 0 Å². The Kier molecular flexibility index (Phi) is 3.49. The van der Waals surface area contributed by atoms with Crippen LogP contribution in [0.4, 0.5) is 0 Å². The van der Waals surface area contributed by atoms with Gasteiger partial charge in [-0.1, -0.05) is 0 Å². The highest BCUT2D eigenvalue weighted by Crippen LogP contribution is 2.07. The van der Waals surface area contributed by atoms with E-state index >= 15 is 0 Å². The third-order valence-electron chi connectivity index (χ3n) is 1.94. The molecule has 1 aliphatic heterocycles. The molecule has 0 spiro atoms. The Morgan fingerprint density at radius 3 is 2.92 bits per heavy atom. The molecule has 1 amide bonds. The number of rotatable bonds is 3. The van der Waals surface area contributed by atoms with E-state index in [0.717, 1.165) is 13.0 Å². The second kappa shape index (κ2) is 4.42. The van der Waals surface area contributed by atoms with Crippen molar-refractivity contribution in [2.75, 3.05) is 20.6 Å². The SMILES string of the molecule is CN(C)NC(=O)CC1CCCN1. The molecule has 2 N–H and O–H groups in total. The van der Waals surface area contributed by atoms with Gasteiger partial charge in [0.25, 0.3) is 0 Å². The highest BCUT2D eigenvalue weighted by atomic mass is 16.2. The predicted octanol–water partition coefficient (Wildman–Crippen LogP) is -0.279. The Morgan fingerprint density at radius 2 is 2.42 bits per heavy atom. The van der Waals surface area contributed by atoms with Crippen molar-refractivity contribution >= 4 is 5.91 Å². The minimum atomic E-state index is 0.0967. The van der Waals surface area contributed by atoms with Crippen LogP contribution in [0.5, 0.6) is 0 Å². The van der Waals surface area contributed by atoms with Gasteiger partial charge in [-0.25, -0.2) is 5.01 Å².